The van der Waals surface area contributed by atoms with Crippen molar-refractivity contribution in [3.05, 3.63) is 46.6 Å². The number of alkyl carbamates (subject to hydrolysis) is 1. The number of likely N-dealkylation sites (tertiary alicyclic amines) is 1. The second-order valence-electron chi connectivity index (χ2n) is 16.5. The van der Waals surface area contributed by atoms with E-state index in [0.717, 1.165) is 30.2 Å². The van der Waals surface area contributed by atoms with Crippen molar-refractivity contribution in [2.24, 2.45) is 17.8 Å². The smallest absolute Gasteiger partial charge is 0.408 e. The molecule has 4 fully saturated rings. The quantitative estimate of drug-likeness (QED) is 0.313. The van der Waals surface area contributed by atoms with Crippen molar-refractivity contribution in [2.45, 2.75) is 101 Å². The number of carbonyl (C=O) groups excluding carboxylic acids is 5. The molecular formula is C38H47FN6O9S2. The first-order valence-electron chi connectivity index (χ1n) is 19.0. The van der Waals surface area contributed by atoms with Crippen LogP contribution >= 0.6 is 11.3 Å². The van der Waals surface area contributed by atoms with Crippen molar-refractivity contribution in [1.82, 2.24) is 30.1 Å². The molecule has 5 aliphatic rings. The lowest BCUT2D eigenvalue weighted by atomic mass is 9.93. The summed E-state index contributed by atoms with van der Waals surface area (Å²) < 4.78 is 47.5. The van der Waals surface area contributed by atoms with Gasteiger partial charge in [-0.2, -0.15) is 0 Å². The summed E-state index contributed by atoms with van der Waals surface area (Å²) in [4.78, 5) is 77.2. The van der Waals surface area contributed by atoms with Crippen LogP contribution in [0.2, 0.25) is 0 Å². The number of hydrogen-bond acceptors (Lipinski definition) is 11. The largest absolute Gasteiger partial charge is 0.505 e. The van der Waals surface area contributed by atoms with Crippen LogP contribution in [0.3, 0.4) is 0 Å². The minimum Gasteiger partial charge on any atom is -0.505 e. The van der Waals surface area contributed by atoms with E-state index in [1.165, 1.54) is 17.0 Å². The average Bonchev–Trinajstić information content (AvgIpc) is 3.94. The Morgan fingerprint density at radius 3 is 2.57 bits per heavy atom. The van der Waals surface area contributed by atoms with Gasteiger partial charge in [0.25, 0.3) is 11.8 Å². The monoisotopic (exact) mass is 814 g/mol. The molecule has 0 unspecified atom stereocenters. The Bertz CT molecular complexity index is 2060. The maximum Gasteiger partial charge on any atom is 0.408 e. The highest BCUT2D eigenvalue weighted by atomic mass is 32.2. The summed E-state index contributed by atoms with van der Waals surface area (Å²) in [5.74, 6) is -5.15. The molecule has 2 aliphatic carbocycles. The first-order valence-corrected chi connectivity index (χ1v) is 21.5. The van der Waals surface area contributed by atoms with Crippen LogP contribution in [-0.2, 0) is 29.1 Å². The molecule has 0 spiro atoms. The summed E-state index contributed by atoms with van der Waals surface area (Å²) in [7, 11) is -3.94. The van der Waals surface area contributed by atoms with Crippen LogP contribution in [0, 0.1) is 23.6 Å². The van der Waals surface area contributed by atoms with Crippen molar-refractivity contribution in [3.63, 3.8) is 0 Å². The second kappa shape index (κ2) is 15.1. The number of aromatic nitrogens is 1. The Morgan fingerprint density at radius 2 is 1.86 bits per heavy atom. The van der Waals surface area contributed by atoms with Gasteiger partial charge in [-0.1, -0.05) is 25.0 Å². The summed E-state index contributed by atoms with van der Waals surface area (Å²) in [5.41, 5.74) is -1.67. The zero-order chi connectivity index (χ0) is 40.2. The molecule has 1 aromatic heterocycles. The number of nitrogens with zero attached hydrogens (tertiary/aromatic N) is 3. The summed E-state index contributed by atoms with van der Waals surface area (Å²) in [6, 6.07) is 1.62. The molecule has 18 heteroatoms. The number of rotatable bonds is 6. The van der Waals surface area contributed by atoms with E-state index >= 15 is 0 Å². The minimum absolute atomic E-state index is 0.0663. The predicted octanol–water partition coefficient (Wildman–Crippen LogP) is 3.45. The Morgan fingerprint density at radius 1 is 1.09 bits per heavy atom. The maximum absolute atomic E-state index is 14.6. The zero-order valence-electron chi connectivity index (χ0n) is 31.5. The summed E-state index contributed by atoms with van der Waals surface area (Å²) in [6.45, 7) is 5.45. The number of phenolic OH excluding ortho intramolecular Hbond substituents is 1. The number of sulfonamides is 1. The van der Waals surface area contributed by atoms with Gasteiger partial charge in [0.2, 0.25) is 21.8 Å². The van der Waals surface area contributed by atoms with Gasteiger partial charge in [0.1, 0.15) is 23.2 Å². The molecule has 5 amide bonds. The molecule has 15 nitrogen and oxygen atoms in total. The molecule has 1 aromatic carbocycles. The van der Waals surface area contributed by atoms with Crippen LogP contribution in [-0.4, -0.2) is 106 Å². The second-order valence-corrected chi connectivity index (χ2v) is 19.3. The Balaban J connectivity index is 1.17. The fourth-order valence-electron chi connectivity index (χ4n) is 7.99. The van der Waals surface area contributed by atoms with Crippen LogP contribution in [0.25, 0.3) is 11.3 Å². The lowest BCUT2D eigenvalue weighted by Gasteiger charge is -2.33. The molecule has 56 heavy (non-hydrogen) atoms. The van der Waals surface area contributed by atoms with Gasteiger partial charge in [-0.05, 0) is 77.5 Å². The van der Waals surface area contributed by atoms with Crippen LogP contribution < -0.4 is 15.4 Å². The van der Waals surface area contributed by atoms with Gasteiger partial charge < -0.3 is 30.3 Å². The van der Waals surface area contributed by atoms with E-state index in [0.29, 0.717) is 36.9 Å². The SMILES string of the molecule is CC(C)(C)OC(=O)N[C@H]1CCCCC/C=C\[C@H]2C[C@@]2(C(=O)NS(=O)(=O)C2CC2)NC(=O)[C@@H]2[C@H]3CN(C(=O)c4nc(-c5ccc(O)c(F)c5)cs4)C[C@H]3CN2C1=O. The number of halogens is 1. The van der Waals surface area contributed by atoms with Crippen molar-refractivity contribution in [1.29, 1.82) is 0 Å². The molecule has 0 bridgehead atoms. The predicted molar refractivity (Wildman–Crippen MR) is 202 cm³/mol. The third kappa shape index (κ3) is 8.26. The van der Waals surface area contributed by atoms with E-state index in [-0.39, 0.29) is 43.4 Å². The number of benzene rings is 1. The number of carbonyl (C=O) groups is 5. The highest BCUT2D eigenvalue weighted by Gasteiger charge is 2.63. The van der Waals surface area contributed by atoms with E-state index in [2.05, 4.69) is 20.3 Å². The molecule has 0 radical (unpaired) electrons. The van der Waals surface area contributed by atoms with Crippen LogP contribution in [0.5, 0.6) is 5.75 Å². The van der Waals surface area contributed by atoms with Gasteiger partial charge in [0.15, 0.2) is 16.6 Å². The van der Waals surface area contributed by atoms with E-state index in [4.69, 9.17) is 4.74 Å². The summed E-state index contributed by atoms with van der Waals surface area (Å²) in [5, 5.41) is 16.3. The Kier molecular flexibility index (Phi) is 10.7. The highest BCUT2D eigenvalue weighted by molar-refractivity contribution is 7.91. The van der Waals surface area contributed by atoms with Crippen molar-refractivity contribution in [3.8, 4) is 17.0 Å². The molecule has 302 valence electrons. The van der Waals surface area contributed by atoms with Crippen molar-refractivity contribution in [2.75, 3.05) is 19.6 Å². The van der Waals surface area contributed by atoms with E-state index in [1.807, 2.05) is 12.2 Å². The fourth-order valence-corrected chi connectivity index (χ4v) is 10.1. The van der Waals surface area contributed by atoms with Gasteiger partial charge in [0, 0.05) is 48.3 Å². The number of aromatic hydroxyl groups is 1. The number of hydrogen-bond donors (Lipinski definition) is 4. The average molecular weight is 815 g/mol. The van der Waals surface area contributed by atoms with Gasteiger partial charge >= 0.3 is 6.09 Å². The number of fused-ring (bicyclic) bond motifs is 4. The lowest BCUT2D eigenvalue weighted by molar-refractivity contribution is -0.142. The van der Waals surface area contributed by atoms with E-state index in [1.54, 1.807) is 31.1 Å². The maximum atomic E-state index is 14.6. The van der Waals surface area contributed by atoms with Crippen molar-refractivity contribution >= 4 is 51.1 Å². The molecule has 4 N–H and O–H groups in total. The van der Waals surface area contributed by atoms with E-state index < -0.39 is 91.6 Å². The number of nitrogens with one attached hydrogen (secondary N) is 3. The van der Waals surface area contributed by atoms with Crippen LogP contribution in [0.4, 0.5) is 9.18 Å². The number of allylic oxidation sites excluding steroid dienone is 1. The lowest BCUT2D eigenvalue weighted by Crippen LogP contribution is -2.60. The number of ether oxygens (including phenoxy) is 1. The van der Waals surface area contributed by atoms with E-state index in [9.17, 15) is 41.9 Å². The number of thiazole rings is 1. The molecule has 2 aromatic rings. The van der Waals surface area contributed by atoms with Gasteiger partial charge in [0.05, 0.1) is 10.9 Å². The number of phenols is 1. The van der Waals surface area contributed by atoms with Crippen LogP contribution in [0.15, 0.2) is 35.7 Å². The Labute approximate surface area is 328 Å². The first kappa shape index (κ1) is 39.6. The molecule has 2 saturated heterocycles. The number of amides is 5. The van der Waals surface area contributed by atoms with Crippen LogP contribution in [0.1, 0.15) is 81.9 Å². The fraction of sp³-hybridized carbons (Fsp3) is 0.579. The summed E-state index contributed by atoms with van der Waals surface area (Å²) >= 11 is 1.07. The molecule has 6 atom stereocenters. The topological polar surface area (TPSA) is 204 Å². The Hall–Kier alpha value is -4.58. The third-order valence-electron chi connectivity index (χ3n) is 11.1. The normalized spacial score (nSPS) is 28.8. The standard InChI is InChI=1S/C38H47FN6O9S2/c1-37(2,3)54-36(51)41-27-10-8-6-4-5-7-9-23-16-38(23,35(50)43-56(52,53)24-12-13-24)42-31(47)30-25-19-44(17-22(25)18-45(30)33(27)48)34(49)32-40-28(20-55-32)21-11-14-29(46)26(39)15-21/h7,9,11,14-15,20,22-25,27,30,46H,4-6,8,10,12-13,16-19H2,1-3H3,(H,41,51)(H,42,47)(H,43,50)/b9-7-/t22-,23-,25-,27-,30-,38+/m0/s1. The molecule has 3 aliphatic heterocycles. The first-order chi connectivity index (χ1) is 26.5. The minimum atomic E-state index is -3.94. The molecular weight excluding hydrogens is 768 g/mol. The van der Waals surface area contributed by atoms with Gasteiger partial charge in [-0.3, -0.25) is 23.9 Å². The molecule has 4 heterocycles. The molecule has 7 rings (SSSR count). The third-order valence-corrected chi connectivity index (χ3v) is 13.8. The van der Waals surface area contributed by atoms with Crippen molar-refractivity contribution < 1.29 is 46.6 Å². The van der Waals surface area contributed by atoms with Gasteiger partial charge in [-0.15, -0.1) is 11.3 Å². The van der Waals surface area contributed by atoms with Gasteiger partial charge in [-0.25, -0.2) is 22.6 Å². The highest BCUT2D eigenvalue weighted by Crippen LogP contribution is 2.47. The summed E-state index contributed by atoms with van der Waals surface area (Å²) in [6.07, 6.45) is 7.09. The molecule has 2 saturated carbocycles. The zero-order valence-corrected chi connectivity index (χ0v) is 33.1.